The molecule has 2 amide bonds. The molecular formula is C25H16F3N5O2S. The van der Waals surface area contributed by atoms with E-state index in [1.165, 1.54) is 36.4 Å². The molecule has 180 valence electrons. The van der Waals surface area contributed by atoms with E-state index in [9.17, 15) is 22.8 Å². The van der Waals surface area contributed by atoms with Crippen LogP contribution in [-0.4, -0.2) is 27.0 Å². The summed E-state index contributed by atoms with van der Waals surface area (Å²) in [5, 5.41) is 9.70. The Hall–Kier alpha value is -4.51. The normalized spacial score (nSPS) is 11.2. The number of aromatic amines is 1. The maximum Gasteiger partial charge on any atom is 0.280 e. The van der Waals surface area contributed by atoms with Gasteiger partial charge in [-0.25, -0.2) is 18.2 Å². The third-order valence-electron chi connectivity index (χ3n) is 5.42. The zero-order valence-electron chi connectivity index (χ0n) is 18.3. The summed E-state index contributed by atoms with van der Waals surface area (Å²) < 4.78 is 40.4. The van der Waals surface area contributed by atoms with E-state index in [0.29, 0.717) is 27.8 Å². The van der Waals surface area contributed by atoms with Crippen LogP contribution < -0.4 is 11.1 Å². The van der Waals surface area contributed by atoms with Gasteiger partial charge in [0.25, 0.3) is 18.2 Å². The van der Waals surface area contributed by atoms with Crippen molar-refractivity contribution in [3.05, 3.63) is 88.8 Å². The monoisotopic (exact) mass is 507 g/mol. The van der Waals surface area contributed by atoms with Crippen LogP contribution >= 0.6 is 11.3 Å². The van der Waals surface area contributed by atoms with Crippen LogP contribution in [0, 0.1) is 5.82 Å². The number of halogens is 3. The standard InChI is InChI=1S/C25H16F3N5O2S/c26-14-8-6-13(7-9-14)16-11-18(33-32-16)24(35)31-20-19-15(12-4-2-1-3-5-12)10-17(22(27)28)30-25(19)36-21(20)23(29)34/h1-11,22H,(H2,29,34)(H,31,35)(H,32,33). The first-order chi connectivity index (χ1) is 17.3. The quantitative estimate of drug-likeness (QED) is 0.270. The van der Waals surface area contributed by atoms with Gasteiger partial charge in [0.2, 0.25) is 0 Å². The Kier molecular flexibility index (Phi) is 5.98. The lowest BCUT2D eigenvalue weighted by Gasteiger charge is -2.10. The highest BCUT2D eigenvalue weighted by Crippen LogP contribution is 2.42. The molecule has 4 N–H and O–H groups in total. The molecule has 0 atom stereocenters. The molecule has 0 aliphatic carbocycles. The Morgan fingerprint density at radius 3 is 2.39 bits per heavy atom. The summed E-state index contributed by atoms with van der Waals surface area (Å²) in [6.45, 7) is 0. The molecule has 0 radical (unpaired) electrons. The number of fused-ring (bicyclic) bond motifs is 1. The molecule has 5 rings (SSSR count). The number of nitrogens with two attached hydrogens (primary N) is 1. The van der Waals surface area contributed by atoms with E-state index in [1.807, 2.05) is 0 Å². The minimum atomic E-state index is -2.84. The van der Waals surface area contributed by atoms with Crippen LogP contribution in [0.5, 0.6) is 0 Å². The number of nitrogens with zero attached hydrogens (tertiary/aromatic N) is 2. The minimum Gasteiger partial charge on any atom is -0.365 e. The Bertz CT molecular complexity index is 1600. The van der Waals surface area contributed by atoms with Crippen molar-refractivity contribution in [1.29, 1.82) is 0 Å². The van der Waals surface area contributed by atoms with E-state index < -0.39 is 29.8 Å². The Morgan fingerprint density at radius 1 is 1.00 bits per heavy atom. The number of aromatic nitrogens is 3. The third kappa shape index (κ3) is 4.31. The summed E-state index contributed by atoms with van der Waals surface area (Å²) in [7, 11) is 0. The number of benzene rings is 2. The summed E-state index contributed by atoms with van der Waals surface area (Å²) in [5.41, 5.74) is 7.17. The summed E-state index contributed by atoms with van der Waals surface area (Å²) in [4.78, 5) is 29.5. The fourth-order valence-electron chi connectivity index (χ4n) is 3.75. The molecule has 0 aliphatic heterocycles. The van der Waals surface area contributed by atoms with Crippen LogP contribution in [0.1, 0.15) is 32.3 Å². The van der Waals surface area contributed by atoms with Crippen molar-refractivity contribution in [3.63, 3.8) is 0 Å². The van der Waals surface area contributed by atoms with Crippen LogP contribution in [0.25, 0.3) is 32.6 Å². The van der Waals surface area contributed by atoms with Gasteiger partial charge in [0, 0.05) is 10.9 Å². The van der Waals surface area contributed by atoms with E-state index in [4.69, 9.17) is 5.73 Å². The largest absolute Gasteiger partial charge is 0.365 e. The molecule has 0 saturated heterocycles. The Morgan fingerprint density at radius 2 is 1.72 bits per heavy atom. The van der Waals surface area contributed by atoms with E-state index in [-0.39, 0.29) is 21.1 Å². The van der Waals surface area contributed by atoms with Crippen molar-refractivity contribution < 1.29 is 22.8 Å². The van der Waals surface area contributed by atoms with Crippen LogP contribution in [0.15, 0.2) is 66.7 Å². The average Bonchev–Trinajstić information content (AvgIpc) is 3.50. The summed E-state index contributed by atoms with van der Waals surface area (Å²) in [6, 6.07) is 17.0. The molecule has 0 spiro atoms. The number of H-pyrrole nitrogens is 1. The van der Waals surface area contributed by atoms with Crippen molar-refractivity contribution in [2.75, 3.05) is 5.32 Å². The lowest BCUT2D eigenvalue weighted by atomic mass is 10.0. The van der Waals surface area contributed by atoms with Gasteiger partial charge in [0.1, 0.15) is 26.9 Å². The van der Waals surface area contributed by atoms with Crippen LogP contribution in [0.3, 0.4) is 0 Å². The number of carbonyl (C=O) groups is 2. The SMILES string of the molecule is NC(=O)c1sc2nc(C(F)F)cc(-c3ccccc3)c2c1NC(=O)c1cc(-c2ccc(F)cc2)n[nH]1. The lowest BCUT2D eigenvalue weighted by Crippen LogP contribution is -2.17. The van der Waals surface area contributed by atoms with Gasteiger partial charge in [0.05, 0.1) is 11.4 Å². The number of alkyl halides is 2. The lowest BCUT2D eigenvalue weighted by molar-refractivity contribution is 0.100. The highest BCUT2D eigenvalue weighted by molar-refractivity contribution is 7.21. The van der Waals surface area contributed by atoms with Crippen molar-refractivity contribution in [2.24, 2.45) is 5.73 Å². The molecule has 0 bridgehead atoms. The number of amides is 2. The zero-order chi connectivity index (χ0) is 25.4. The summed E-state index contributed by atoms with van der Waals surface area (Å²) in [5.74, 6) is -1.90. The Balaban J connectivity index is 1.61. The molecule has 0 fully saturated rings. The number of pyridine rings is 1. The first-order valence-corrected chi connectivity index (χ1v) is 11.4. The van der Waals surface area contributed by atoms with Gasteiger partial charge in [-0.15, -0.1) is 11.3 Å². The minimum absolute atomic E-state index is 0.0345. The molecule has 0 saturated carbocycles. The molecule has 0 aliphatic rings. The number of thiophene rings is 1. The smallest absolute Gasteiger partial charge is 0.280 e. The predicted octanol–water partition coefficient (Wildman–Crippen LogP) is 5.78. The van der Waals surface area contributed by atoms with Gasteiger partial charge < -0.3 is 11.1 Å². The van der Waals surface area contributed by atoms with Crippen molar-refractivity contribution in [1.82, 2.24) is 15.2 Å². The van der Waals surface area contributed by atoms with Crippen molar-refractivity contribution in [2.45, 2.75) is 6.43 Å². The van der Waals surface area contributed by atoms with E-state index in [0.717, 1.165) is 11.3 Å². The van der Waals surface area contributed by atoms with Gasteiger partial charge in [-0.05, 0) is 47.5 Å². The maximum absolute atomic E-state index is 13.6. The number of nitrogens with one attached hydrogen (secondary N) is 2. The number of primary amides is 1. The Labute approximate surface area is 205 Å². The summed E-state index contributed by atoms with van der Waals surface area (Å²) in [6.07, 6.45) is -2.84. The molecule has 3 aromatic heterocycles. The number of carbonyl (C=O) groups excluding carboxylic acids is 2. The number of rotatable bonds is 6. The molecule has 11 heteroatoms. The highest BCUT2D eigenvalue weighted by Gasteiger charge is 2.25. The molecule has 2 aromatic carbocycles. The number of anilines is 1. The molecular weight excluding hydrogens is 491 g/mol. The van der Waals surface area contributed by atoms with E-state index in [1.54, 1.807) is 30.3 Å². The number of hydrogen-bond acceptors (Lipinski definition) is 5. The van der Waals surface area contributed by atoms with Crippen molar-refractivity contribution in [3.8, 4) is 22.4 Å². The number of hydrogen-bond donors (Lipinski definition) is 3. The molecule has 5 aromatic rings. The first kappa shape index (κ1) is 23.2. The van der Waals surface area contributed by atoms with Crippen LogP contribution in [0.4, 0.5) is 18.9 Å². The van der Waals surface area contributed by atoms with Gasteiger partial charge >= 0.3 is 0 Å². The van der Waals surface area contributed by atoms with E-state index in [2.05, 4.69) is 20.5 Å². The van der Waals surface area contributed by atoms with E-state index >= 15 is 0 Å². The summed E-state index contributed by atoms with van der Waals surface area (Å²) >= 11 is 0.818. The average molecular weight is 507 g/mol. The second kappa shape index (κ2) is 9.27. The second-order valence-electron chi connectivity index (χ2n) is 7.74. The van der Waals surface area contributed by atoms with Crippen LogP contribution in [0.2, 0.25) is 0 Å². The fourth-order valence-corrected chi connectivity index (χ4v) is 4.77. The second-order valence-corrected chi connectivity index (χ2v) is 8.74. The fraction of sp³-hybridized carbons (Fsp3) is 0.0400. The van der Waals surface area contributed by atoms with Gasteiger partial charge in [-0.3, -0.25) is 14.7 Å². The highest BCUT2D eigenvalue weighted by atomic mass is 32.1. The van der Waals surface area contributed by atoms with Gasteiger partial charge in [0.15, 0.2) is 0 Å². The topological polar surface area (TPSA) is 114 Å². The zero-order valence-corrected chi connectivity index (χ0v) is 19.1. The van der Waals surface area contributed by atoms with Crippen molar-refractivity contribution >= 4 is 39.1 Å². The molecule has 0 unspecified atom stereocenters. The molecule has 3 heterocycles. The van der Waals surface area contributed by atoms with Gasteiger partial charge in [-0.2, -0.15) is 5.10 Å². The maximum atomic E-state index is 13.6. The third-order valence-corrected chi connectivity index (χ3v) is 6.51. The predicted molar refractivity (Wildman–Crippen MR) is 130 cm³/mol. The molecule has 36 heavy (non-hydrogen) atoms. The first-order valence-electron chi connectivity index (χ1n) is 10.6. The molecule has 7 nitrogen and oxygen atoms in total. The van der Waals surface area contributed by atoms with Crippen LogP contribution in [-0.2, 0) is 0 Å². The van der Waals surface area contributed by atoms with Gasteiger partial charge in [-0.1, -0.05) is 30.3 Å².